The van der Waals surface area contributed by atoms with Crippen LogP contribution in [-0.2, 0) is 6.42 Å². The maximum Gasteiger partial charge on any atom is 0.0406 e. The number of rotatable bonds is 2. The van der Waals surface area contributed by atoms with Crippen molar-refractivity contribution < 1.29 is 0 Å². The molecule has 4 N–H and O–H groups in total. The molecular weight excluding hydrogens is 340 g/mol. The van der Waals surface area contributed by atoms with Gasteiger partial charge >= 0.3 is 0 Å². The maximum absolute atomic E-state index is 6.61. The molecule has 0 bridgehead atoms. The maximum atomic E-state index is 6.61. The molecule has 0 aromatic heterocycles. The average molecular weight is 362 g/mol. The zero-order valence-corrected chi connectivity index (χ0v) is 15.9. The van der Waals surface area contributed by atoms with Crippen LogP contribution in [-0.4, -0.2) is 0 Å². The third kappa shape index (κ3) is 2.42. The highest BCUT2D eigenvalue weighted by Crippen LogP contribution is 2.41. The number of anilines is 2. The summed E-state index contributed by atoms with van der Waals surface area (Å²) in [5.41, 5.74) is 18.3. The lowest BCUT2D eigenvalue weighted by atomic mass is 9.90. The summed E-state index contributed by atoms with van der Waals surface area (Å²) in [7, 11) is 0. The second-order valence-corrected chi connectivity index (χ2v) is 7.35. The Morgan fingerprint density at radius 1 is 0.607 bits per heavy atom. The summed E-state index contributed by atoms with van der Waals surface area (Å²) in [5, 5.41) is 6.74. The van der Waals surface area contributed by atoms with Crippen molar-refractivity contribution in [1.82, 2.24) is 0 Å². The van der Waals surface area contributed by atoms with Crippen LogP contribution in [0.2, 0.25) is 0 Å². The van der Waals surface area contributed by atoms with Gasteiger partial charge in [0.15, 0.2) is 0 Å². The van der Waals surface area contributed by atoms with Crippen molar-refractivity contribution in [2.75, 3.05) is 11.5 Å². The third-order valence-corrected chi connectivity index (χ3v) is 5.73. The molecule has 2 nitrogen and oxygen atoms in total. The van der Waals surface area contributed by atoms with Crippen LogP contribution in [0.5, 0.6) is 0 Å². The van der Waals surface area contributed by atoms with Crippen molar-refractivity contribution in [2.45, 2.75) is 13.3 Å². The minimum absolute atomic E-state index is 0.798. The Balaban J connectivity index is 1.89. The SMILES string of the molecule is CCc1ccc(-c2cccc3c2c(N)cc2c4ccccc4c(N)cc32)cc1. The molecule has 0 saturated heterocycles. The molecule has 0 fully saturated rings. The predicted octanol–water partition coefficient (Wildman–Crippen LogP) is 6.54. The number of nitrogens with two attached hydrogens (primary N) is 2. The van der Waals surface area contributed by atoms with E-state index in [1.54, 1.807) is 0 Å². The first kappa shape index (κ1) is 16.6. The zero-order chi connectivity index (χ0) is 19.3. The number of benzene rings is 5. The Labute approximate surface area is 164 Å². The minimum atomic E-state index is 0.798. The predicted molar refractivity (Wildman–Crippen MR) is 123 cm³/mol. The first-order valence-electron chi connectivity index (χ1n) is 9.69. The van der Waals surface area contributed by atoms with Gasteiger partial charge in [-0.05, 0) is 56.8 Å². The minimum Gasteiger partial charge on any atom is -0.398 e. The molecule has 0 unspecified atom stereocenters. The standard InChI is InChI=1S/C26H22N2/c1-2-16-10-12-17(13-11-16)18-8-5-9-21-23-14-24(27)20-7-4-3-6-19(20)22(23)15-25(28)26(18)21/h3-15H,2,27-28H2,1H3. The molecule has 5 rings (SSSR count). The van der Waals surface area contributed by atoms with Crippen LogP contribution in [0.25, 0.3) is 43.4 Å². The van der Waals surface area contributed by atoms with Crippen LogP contribution >= 0.6 is 0 Å². The molecule has 0 heterocycles. The van der Waals surface area contributed by atoms with E-state index in [0.717, 1.165) is 55.7 Å². The van der Waals surface area contributed by atoms with E-state index < -0.39 is 0 Å². The summed E-state index contributed by atoms with van der Waals surface area (Å²) in [6, 6.07) is 27.6. The zero-order valence-electron chi connectivity index (χ0n) is 15.9. The molecule has 0 spiro atoms. The first-order valence-corrected chi connectivity index (χ1v) is 9.69. The lowest BCUT2D eigenvalue weighted by molar-refractivity contribution is 1.14. The van der Waals surface area contributed by atoms with Crippen molar-refractivity contribution in [3.05, 3.63) is 84.4 Å². The van der Waals surface area contributed by atoms with Gasteiger partial charge in [0.25, 0.3) is 0 Å². The lowest BCUT2D eigenvalue weighted by Gasteiger charge is -2.15. The molecule has 0 aliphatic carbocycles. The average Bonchev–Trinajstić information content (AvgIpc) is 2.75. The molecule has 0 atom stereocenters. The largest absolute Gasteiger partial charge is 0.398 e. The summed E-state index contributed by atoms with van der Waals surface area (Å²) >= 11 is 0. The van der Waals surface area contributed by atoms with Gasteiger partial charge in [-0.2, -0.15) is 0 Å². The topological polar surface area (TPSA) is 52.0 Å². The molecule has 28 heavy (non-hydrogen) atoms. The van der Waals surface area contributed by atoms with Gasteiger partial charge in [0.05, 0.1) is 0 Å². The van der Waals surface area contributed by atoms with E-state index in [1.807, 2.05) is 12.1 Å². The van der Waals surface area contributed by atoms with Gasteiger partial charge < -0.3 is 11.5 Å². The van der Waals surface area contributed by atoms with Gasteiger partial charge in [0.1, 0.15) is 0 Å². The number of hydrogen-bond donors (Lipinski definition) is 2. The Hall–Kier alpha value is -3.52. The fraction of sp³-hybridized carbons (Fsp3) is 0.0769. The van der Waals surface area contributed by atoms with Crippen LogP contribution in [0.4, 0.5) is 11.4 Å². The van der Waals surface area contributed by atoms with E-state index in [0.29, 0.717) is 0 Å². The van der Waals surface area contributed by atoms with Crippen molar-refractivity contribution >= 4 is 43.7 Å². The lowest BCUT2D eigenvalue weighted by Crippen LogP contribution is -1.94. The van der Waals surface area contributed by atoms with Crippen LogP contribution in [0.3, 0.4) is 0 Å². The summed E-state index contributed by atoms with van der Waals surface area (Å²) in [5.74, 6) is 0. The smallest absolute Gasteiger partial charge is 0.0406 e. The molecule has 136 valence electrons. The van der Waals surface area contributed by atoms with Crippen molar-refractivity contribution in [2.24, 2.45) is 0 Å². The summed E-state index contributed by atoms with van der Waals surface area (Å²) in [4.78, 5) is 0. The Kier molecular flexibility index (Phi) is 3.73. The van der Waals surface area contributed by atoms with E-state index >= 15 is 0 Å². The quantitative estimate of drug-likeness (QED) is 0.277. The van der Waals surface area contributed by atoms with Gasteiger partial charge in [-0.25, -0.2) is 0 Å². The molecular formula is C26H22N2. The van der Waals surface area contributed by atoms with Gasteiger partial charge in [0, 0.05) is 22.1 Å². The number of fused-ring (bicyclic) bond motifs is 5. The van der Waals surface area contributed by atoms with Crippen molar-refractivity contribution in [1.29, 1.82) is 0 Å². The van der Waals surface area contributed by atoms with E-state index in [4.69, 9.17) is 11.5 Å². The fourth-order valence-corrected chi connectivity index (χ4v) is 4.28. The summed E-state index contributed by atoms with van der Waals surface area (Å²) < 4.78 is 0. The molecule has 5 aromatic carbocycles. The molecule has 0 aliphatic heterocycles. The monoisotopic (exact) mass is 362 g/mol. The third-order valence-electron chi connectivity index (χ3n) is 5.73. The van der Waals surface area contributed by atoms with Crippen LogP contribution in [0, 0.1) is 0 Å². The molecule has 0 radical (unpaired) electrons. The van der Waals surface area contributed by atoms with Crippen molar-refractivity contribution in [3.63, 3.8) is 0 Å². The number of hydrogen-bond acceptors (Lipinski definition) is 2. The molecule has 2 heteroatoms. The van der Waals surface area contributed by atoms with Crippen molar-refractivity contribution in [3.8, 4) is 11.1 Å². The first-order chi connectivity index (χ1) is 13.7. The highest BCUT2D eigenvalue weighted by molar-refractivity contribution is 6.24. The van der Waals surface area contributed by atoms with E-state index in [1.165, 1.54) is 11.1 Å². The van der Waals surface area contributed by atoms with E-state index in [9.17, 15) is 0 Å². The fourth-order valence-electron chi connectivity index (χ4n) is 4.28. The molecule has 0 saturated carbocycles. The van der Waals surface area contributed by atoms with Crippen LogP contribution < -0.4 is 11.5 Å². The van der Waals surface area contributed by atoms with Gasteiger partial charge in [-0.1, -0.05) is 73.7 Å². The van der Waals surface area contributed by atoms with Crippen LogP contribution in [0.1, 0.15) is 12.5 Å². The molecule has 5 aromatic rings. The summed E-state index contributed by atoms with van der Waals surface area (Å²) in [6.45, 7) is 2.17. The normalized spacial score (nSPS) is 11.5. The summed E-state index contributed by atoms with van der Waals surface area (Å²) in [6.07, 6.45) is 1.04. The second-order valence-electron chi connectivity index (χ2n) is 7.35. The Bertz CT molecular complexity index is 1350. The highest BCUT2D eigenvalue weighted by atomic mass is 14.6. The van der Waals surface area contributed by atoms with E-state index in [-0.39, 0.29) is 0 Å². The van der Waals surface area contributed by atoms with Gasteiger partial charge in [-0.15, -0.1) is 0 Å². The Morgan fingerprint density at radius 3 is 2.00 bits per heavy atom. The van der Waals surface area contributed by atoms with E-state index in [2.05, 4.69) is 73.7 Å². The van der Waals surface area contributed by atoms with Crippen LogP contribution in [0.15, 0.2) is 78.9 Å². The number of aryl methyl sites for hydroxylation is 1. The molecule has 0 amide bonds. The number of nitrogen functional groups attached to an aromatic ring is 2. The Morgan fingerprint density at radius 2 is 1.25 bits per heavy atom. The highest BCUT2D eigenvalue weighted by Gasteiger charge is 2.13. The molecule has 0 aliphatic rings. The second kappa shape index (κ2) is 6.28. The van der Waals surface area contributed by atoms with Gasteiger partial charge in [-0.3, -0.25) is 0 Å². The van der Waals surface area contributed by atoms with Gasteiger partial charge in [0.2, 0.25) is 0 Å².